The summed E-state index contributed by atoms with van der Waals surface area (Å²) in [5, 5.41) is 3.81. The van der Waals surface area contributed by atoms with Crippen molar-refractivity contribution in [3.63, 3.8) is 0 Å². The normalized spacial score (nSPS) is 39.9. The van der Waals surface area contributed by atoms with Crippen molar-refractivity contribution in [3.05, 3.63) is 0 Å². The van der Waals surface area contributed by atoms with Gasteiger partial charge >= 0.3 is 0 Å². The minimum atomic E-state index is -0.0612. The highest BCUT2D eigenvalue weighted by Crippen LogP contribution is 2.62. The van der Waals surface area contributed by atoms with Crippen LogP contribution in [0, 0.1) is 16.7 Å². The zero-order chi connectivity index (χ0) is 12.9. The lowest BCUT2D eigenvalue weighted by Crippen LogP contribution is -2.53. The molecule has 100 valence electrons. The summed E-state index contributed by atoms with van der Waals surface area (Å²) >= 11 is 0. The second-order valence-corrected chi connectivity index (χ2v) is 7.69. The number of hydrogen-bond donors (Lipinski definition) is 1. The highest BCUT2D eigenvalue weighted by Gasteiger charge is 2.59. The molecule has 0 heterocycles. The van der Waals surface area contributed by atoms with Gasteiger partial charge in [-0.2, -0.15) is 0 Å². The predicted molar refractivity (Wildman–Crippen MR) is 72.1 cm³/mol. The molecule has 2 nitrogen and oxygen atoms in total. The first-order chi connectivity index (χ1) is 7.71. The molecule has 2 rings (SSSR count). The van der Waals surface area contributed by atoms with Gasteiger partial charge in [-0.1, -0.05) is 20.8 Å². The fourth-order valence-corrected chi connectivity index (χ4v) is 4.23. The Morgan fingerprint density at radius 1 is 1.29 bits per heavy atom. The predicted octanol–water partition coefficient (Wildman–Crippen LogP) is 3.22. The van der Waals surface area contributed by atoms with Crippen molar-refractivity contribution >= 4 is 0 Å². The molecular weight excluding hydrogens is 210 g/mol. The van der Waals surface area contributed by atoms with Gasteiger partial charge in [-0.05, 0) is 49.9 Å². The van der Waals surface area contributed by atoms with Gasteiger partial charge in [0, 0.05) is 19.7 Å². The molecule has 0 aromatic carbocycles. The van der Waals surface area contributed by atoms with Crippen LogP contribution < -0.4 is 5.32 Å². The van der Waals surface area contributed by atoms with E-state index in [1.165, 1.54) is 19.3 Å². The third-order valence-corrected chi connectivity index (χ3v) is 5.55. The molecule has 3 atom stereocenters. The van der Waals surface area contributed by atoms with Gasteiger partial charge in [0.05, 0.1) is 5.60 Å². The third kappa shape index (κ3) is 2.15. The van der Waals surface area contributed by atoms with E-state index in [-0.39, 0.29) is 5.60 Å². The second kappa shape index (κ2) is 3.96. The average molecular weight is 239 g/mol. The van der Waals surface area contributed by atoms with Crippen molar-refractivity contribution in [3.8, 4) is 0 Å². The van der Waals surface area contributed by atoms with E-state index >= 15 is 0 Å². The van der Waals surface area contributed by atoms with E-state index in [1.54, 1.807) is 7.11 Å². The average Bonchev–Trinajstić information content (AvgIpc) is 2.68. The summed E-state index contributed by atoms with van der Waals surface area (Å²) in [5.74, 6) is 0.913. The van der Waals surface area contributed by atoms with E-state index < -0.39 is 0 Å². The highest BCUT2D eigenvalue weighted by molar-refractivity contribution is 5.12. The lowest BCUT2D eigenvalue weighted by atomic mass is 9.68. The lowest BCUT2D eigenvalue weighted by Gasteiger charge is -2.44. The highest BCUT2D eigenvalue weighted by atomic mass is 16.5. The number of hydrogen-bond acceptors (Lipinski definition) is 2. The fraction of sp³-hybridized carbons (Fsp3) is 1.00. The summed E-state index contributed by atoms with van der Waals surface area (Å²) in [6.07, 6.45) is 4.23. The van der Waals surface area contributed by atoms with E-state index in [0.29, 0.717) is 16.9 Å². The Kier molecular flexibility index (Phi) is 3.11. The Balaban J connectivity index is 2.05. The topological polar surface area (TPSA) is 21.3 Å². The quantitative estimate of drug-likeness (QED) is 0.813. The summed E-state index contributed by atoms with van der Waals surface area (Å²) in [4.78, 5) is 0. The van der Waals surface area contributed by atoms with Gasteiger partial charge in [0.25, 0.3) is 0 Å². The Morgan fingerprint density at radius 2 is 1.94 bits per heavy atom. The number of nitrogens with one attached hydrogen (secondary N) is 1. The van der Waals surface area contributed by atoms with Crippen LogP contribution in [0.4, 0.5) is 0 Å². The van der Waals surface area contributed by atoms with Crippen LogP contribution in [-0.4, -0.2) is 25.3 Å². The molecule has 1 N–H and O–H groups in total. The SMILES string of the molecule is COC(C)(C)CNC1C2(C)CCC(C2)C1(C)C. The van der Waals surface area contributed by atoms with Crippen molar-refractivity contribution in [2.24, 2.45) is 16.7 Å². The van der Waals surface area contributed by atoms with Crippen LogP contribution in [0.1, 0.15) is 53.9 Å². The first-order valence-corrected chi connectivity index (χ1v) is 7.00. The minimum Gasteiger partial charge on any atom is -0.377 e. The number of methoxy groups -OCH3 is 1. The van der Waals surface area contributed by atoms with E-state index in [4.69, 9.17) is 4.74 Å². The molecule has 0 aliphatic heterocycles. The molecule has 2 aliphatic rings. The number of fused-ring (bicyclic) bond motifs is 2. The van der Waals surface area contributed by atoms with Crippen molar-refractivity contribution in [1.29, 1.82) is 0 Å². The summed E-state index contributed by atoms with van der Waals surface area (Å²) in [6, 6.07) is 0.642. The van der Waals surface area contributed by atoms with Gasteiger partial charge < -0.3 is 10.1 Å². The van der Waals surface area contributed by atoms with Crippen LogP contribution in [-0.2, 0) is 4.74 Å². The van der Waals surface area contributed by atoms with Crippen molar-refractivity contribution in [2.75, 3.05) is 13.7 Å². The van der Waals surface area contributed by atoms with Crippen molar-refractivity contribution in [1.82, 2.24) is 5.32 Å². The molecule has 0 aromatic heterocycles. The van der Waals surface area contributed by atoms with Crippen LogP contribution in [0.2, 0.25) is 0 Å². The van der Waals surface area contributed by atoms with Gasteiger partial charge in [-0.3, -0.25) is 0 Å². The third-order valence-electron chi connectivity index (χ3n) is 5.55. The van der Waals surface area contributed by atoms with Crippen LogP contribution >= 0.6 is 0 Å². The van der Waals surface area contributed by atoms with Gasteiger partial charge in [-0.25, -0.2) is 0 Å². The molecule has 2 aliphatic carbocycles. The monoisotopic (exact) mass is 239 g/mol. The largest absolute Gasteiger partial charge is 0.377 e. The minimum absolute atomic E-state index is 0.0612. The smallest absolute Gasteiger partial charge is 0.0746 e. The molecule has 0 aromatic rings. The van der Waals surface area contributed by atoms with E-state index in [9.17, 15) is 0 Å². The first-order valence-electron chi connectivity index (χ1n) is 7.00. The maximum atomic E-state index is 5.52. The Labute approximate surface area is 107 Å². The van der Waals surface area contributed by atoms with Crippen molar-refractivity contribution < 1.29 is 4.74 Å². The Morgan fingerprint density at radius 3 is 2.41 bits per heavy atom. The van der Waals surface area contributed by atoms with E-state index in [2.05, 4.69) is 39.9 Å². The zero-order valence-electron chi connectivity index (χ0n) is 12.4. The molecule has 2 fully saturated rings. The lowest BCUT2D eigenvalue weighted by molar-refractivity contribution is 0.00777. The summed E-state index contributed by atoms with van der Waals surface area (Å²) in [6.45, 7) is 12.6. The Hall–Kier alpha value is -0.0800. The summed E-state index contributed by atoms with van der Waals surface area (Å²) < 4.78 is 5.52. The molecule has 0 amide bonds. The summed E-state index contributed by atoms with van der Waals surface area (Å²) in [7, 11) is 1.80. The number of rotatable bonds is 4. The fourth-order valence-electron chi connectivity index (χ4n) is 4.23. The maximum Gasteiger partial charge on any atom is 0.0746 e. The van der Waals surface area contributed by atoms with Crippen molar-refractivity contribution in [2.45, 2.75) is 65.5 Å². The maximum absolute atomic E-state index is 5.52. The molecule has 3 unspecified atom stereocenters. The van der Waals surface area contributed by atoms with Crippen LogP contribution in [0.5, 0.6) is 0 Å². The molecule has 0 radical (unpaired) electrons. The molecule has 2 bridgehead atoms. The molecule has 0 saturated heterocycles. The molecule has 0 spiro atoms. The molecule has 2 heteroatoms. The first kappa shape index (κ1) is 13.4. The van der Waals surface area contributed by atoms with Gasteiger partial charge in [-0.15, -0.1) is 0 Å². The standard InChI is InChI=1S/C15H29NO/c1-13(2,17-6)10-16-12-14(3,4)11-7-8-15(12,5)9-11/h11-12,16H,7-10H2,1-6H3. The molecule has 2 saturated carbocycles. The van der Waals surface area contributed by atoms with Crippen LogP contribution in [0.15, 0.2) is 0 Å². The Bertz CT molecular complexity index is 293. The van der Waals surface area contributed by atoms with E-state index in [1.807, 2.05) is 0 Å². The van der Waals surface area contributed by atoms with Gasteiger partial charge in [0.15, 0.2) is 0 Å². The zero-order valence-corrected chi connectivity index (χ0v) is 12.4. The van der Waals surface area contributed by atoms with Gasteiger partial charge in [0.1, 0.15) is 0 Å². The van der Waals surface area contributed by atoms with Gasteiger partial charge in [0.2, 0.25) is 0 Å². The van der Waals surface area contributed by atoms with Crippen LogP contribution in [0.3, 0.4) is 0 Å². The number of ether oxygens (including phenoxy) is 1. The molecule has 17 heavy (non-hydrogen) atoms. The summed E-state index contributed by atoms with van der Waals surface area (Å²) in [5.41, 5.74) is 0.892. The van der Waals surface area contributed by atoms with Crippen LogP contribution in [0.25, 0.3) is 0 Å². The molecular formula is C15H29NO. The second-order valence-electron chi connectivity index (χ2n) is 7.69. The van der Waals surface area contributed by atoms with E-state index in [0.717, 1.165) is 12.5 Å².